The van der Waals surface area contributed by atoms with E-state index in [1.807, 2.05) is 25.1 Å². The molecule has 0 spiro atoms. The standard InChI is InChI=1S/C22H23FN2O3S/c1-3-12-24-21(26)14(2)25-22(27)20-16(13-28-15-8-5-4-6-9-15)19-17(23)10-7-11-18(19)29-20/h4-11,14H,3,12-13H2,1-2H3,(H,24,26)(H,25,27). The molecule has 2 N–H and O–H groups in total. The number of carbonyl (C=O) groups excluding carboxylic acids is 2. The third kappa shape index (κ3) is 4.92. The van der Waals surface area contributed by atoms with Crippen molar-refractivity contribution in [1.29, 1.82) is 0 Å². The molecule has 1 heterocycles. The molecular weight excluding hydrogens is 391 g/mol. The van der Waals surface area contributed by atoms with Gasteiger partial charge in [0.15, 0.2) is 0 Å². The summed E-state index contributed by atoms with van der Waals surface area (Å²) >= 11 is 1.19. The zero-order chi connectivity index (χ0) is 20.8. The predicted molar refractivity (Wildman–Crippen MR) is 113 cm³/mol. The van der Waals surface area contributed by atoms with Crippen LogP contribution in [0.1, 0.15) is 35.5 Å². The van der Waals surface area contributed by atoms with Gasteiger partial charge in [-0.1, -0.05) is 31.2 Å². The van der Waals surface area contributed by atoms with Crippen LogP contribution in [0.4, 0.5) is 4.39 Å². The number of nitrogens with one attached hydrogen (secondary N) is 2. The molecule has 2 amide bonds. The van der Waals surface area contributed by atoms with E-state index in [2.05, 4.69) is 10.6 Å². The van der Waals surface area contributed by atoms with Crippen LogP contribution < -0.4 is 15.4 Å². The monoisotopic (exact) mass is 414 g/mol. The number of hydrogen-bond donors (Lipinski definition) is 2. The molecular formula is C22H23FN2O3S. The van der Waals surface area contributed by atoms with Gasteiger partial charge in [0.25, 0.3) is 5.91 Å². The van der Waals surface area contributed by atoms with Crippen molar-refractivity contribution in [2.45, 2.75) is 32.9 Å². The lowest BCUT2D eigenvalue weighted by Gasteiger charge is -2.14. The van der Waals surface area contributed by atoms with Crippen LogP contribution in [0.15, 0.2) is 48.5 Å². The maximum atomic E-state index is 14.5. The fraction of sp³-hybridized carbons (Fsp3) is 0.273. The molecule has 2 aromatic carbocycles. The van der Waals surface area contributed by atoms with Gasteiger partial charge in [-0.3, -0.25) is 9.59 Å². The molecule has 0 aliphatic heterocycles. The number of amides is 2. The molecule has 0 fully saturated rings. The normalized spacial score (nSPS) is 11.8. The number of carbonyl (C=O) groups is 2. The van der Waals surface area contributed by atoms with Crippen LogP contribution >= 0.6 is 11.3 Å². The topological polar surface area (TPSA) is 67.4 Å². The Kier molecular flexibility index (Phi) is 6.82. The van der Waals surface area contributed by atoms with Crippen molar-refractivity contribution in [3.63, 3.8) is 0 Å². The molecule has 0 bridgehead atoms. The fourth-order valence-corrected chi connectivity index (χ4v) is 4.01. The van der Waals surface area contributed by atoms with Gasteiger partial charge >= 0.3 is 0 Å². The average molecular weight is 415 g/mol. The van der Waals surface area contributed by atoms with Gasteiger partial charge in [0.2, 0.25) is 5.91 Å². The lowest BCUT2D eigenvalue weighted by atomic mass is 10.1. The minimum absolute atomic E-state index is 0.0457. The summed E-state index contributed by atoms with van der Waals surface area (Å²) in [6, 6.07) is 13.2. The van der Waals surface area contributed by atoms with Crippen LogP contribution in [0.3, 0.4) is 0 Å². The van der Waals surface area contributed by atoms with Crippen LogP contribution in [0.25, 0.3) is 10.1 Å². The Balaban J connectivity index is 1.87. The Morgan fingerprint density at radius 2 is 1.90 bits per heavy atom. The highest BCUT2D eigenvalue weighted by atomic mass is 32.1. The zero-order valence-corrected chi connectivity index (χ0v) is 17.1. The van der Waals surface area contributed by atoms with E-state index in [0.717, 1.165) is 6.42 Å². The first-order valence-corrected chi connectivity index (χ1v) is 10.3. The second kappa shape index (κ2) is 9.52. The molecule has 0 saturated carbocycles. The molecule has 152 valence electrons. The average Bonchev–Trinajstić information content (AvgIpc) is 3.11. The van der Waals surface area contributed by atoms with E-state index in [0.29, 0.717) is 32.8 Å². The smallest absolute Gasteiger partial charge is 0.262 e. The Labute approximate surface area is 172 Å². The van der Waals surface area contributed by atoms with Gasteiger partial charge in [0.05, 0.1) is 4.88 Å². The molecule has 3 aromatic rings. The van der Waals surface area contributed by atoms with E-state index in [-0.39, 0.29) is 12.5 Å². The molecule has 1 aromatic heterocycles. The summed E-state index contributed by atoms with van der Waals surface area (Å²) in [5.41, 5.74) is 0.477. The van der Waals surface area contributed by atoms with Crippen molar-refractivity contribution in [1.82, 2.24) is 10.6 Å². The minimum atomic E-state index is -0.702. The van der Waals surface area contributed by atoms with Gasteiger partial charge in [-0.25, -0.2) is 4.39 Å². The first-order valence-electron chi connectivity index (χ1n) is 9.47. The Morgan fingerprint density at radius 1 is 1.14 bits per heavy atom. The third-order valence-corrected chi connectivity index (χ3v) is 5.58. The number of rotatable bonds is 8. The molecule has 7 heteroatoms. The van der Waals surface area contributed by atoms with Gasteiger partial charge < -0.3 is 15.4 Å². The number of fused-ring (bicyclic) bond motifs is 1. The Bertz CT molecular complexity index is 1000. The summed E-state index contributed by atoms with van der Waals surface area (Å²) in [7, 11) is 0. The molecule has 0 aliphatic carbocycles. The summed E-state index contributed by atoms with van der Waals surface area (Å²) in [6.07, 6.45) is 0.809. The van der Waals surface area contributed by atoms with E-state index in [9.17, 15) is 14.0 Å². The molecule has 0 saturated heterocycles. The van der Waals surface area contributed by atoms with E-state index in [1.54, 1.807) is 31.2 Å². The minimum Gasteiger partial charge on any atom is -0.489 e. The van der Waals surface area contributed by atoms with Crippen molar-refractivity contribution in [2.24, 2.45) is 0 Å². The van der Waals surface area contributed by atoms with Gasteiger partial charge in [-0.05, 0) is 37.6 Å². The number of ether oxygens (including phenoxy) is 1. The van der Waals surface area contributed by atoms with Crippen molar-refractivity contribution in [3.8, 4) is 5.75 Å². The van der Waals surface area contributed by atoms with Gasteiger partial charge in [-0.2, -0.15) is 0 Å². The van der Waals surface area contributed by atoms with Crippen LogP contribution in [0.5, 0.6) is 5.75 Å². The highest BCUT2D eigenvalue weighted by Gasteiger charge is 2.24. The van der Waals surface area contributed by atoms with E-state index in [1.165, 1.54) is 17.4 Å². The van der Waals surface area contributed by atoms with Crippen molar-refractivity contribution < 1.29 is 18.7 Å². The van der Waals surface area contributed by atoms with Crippen LogP contribution in [-0.4, -0.2) is 24.4 Å². The maximum Gasteiger partial charge on any atom is 0.262 e. The quantitative estimate of drug-likeness (QED) is 0.579. The lowest BCUT2D eigenvalue weighted by molar-refractivity contribution is -0.122. The summed E-state index contributed by atoms with van der Waals surface area (Å²) < 4.78 is 21.0. The second-order valence-electron chi connectivity index (χ2n) is 6.61. The van der Waals surface area contributed by atoms with Crippen LogP contribution in [0, 0.1) is 5.82 Å². The molecule has 0 radical (unpaired) electrons. The number of halogens is 1. The van der Waals surface area contributed by atoms with Gasteiger partial charge in [0.1, 0.15) is 24.2 Å². The number of thiophene rings is 1. The fourth-order valence-electron chi connectivity index (χ4n) is 2.89. The summed E-state index contributed by atoms with van der Waals surface area (Å²) in [5.74, 6) is -0.453. The molecule has 29 heavy (non-hydrogen) atoms. The van der Waals surface area contributed by atoms with Crippen LogP contribution in [-0.2, 0) is 11.4 Å². The van der Waals surface area contributed by atoms with E-state index in [4.69, 9.17) is 4.74 Å². The Hall–Kier alpha value is -2.93. The summed E-state index contributed by atoms with van der Waals surface area (Å²) in [4.78, 5) is 25.3. The first kappa shape index (κ1) is 20.8. The molecule has 1 unspecified atom stereocenters. The van der Waals surface area contributed by atoms with Gasteiger partial charge in [0, 0.05) is 22.2 Å². The highest BCUT2D eigenvalue weighted by molar-refractivity contribution is 7.21. The third-order valence-electron chi connectivity index (χ3n) is 4.39. The first-order chi connectivity index (χ1) is 14.0. The predicted octanol–water partition coefficient (Wildman–Crippen LogP) is 4.26. The summed E-state index contributed by atoms with van der Waals surface area (Å²) in [6.45, 7) is 4.17. The number of benzene rings is 2. The van der Waals surface area contributed by atoms with E-state index < -0.39 is 17.8 Å². The van der Waals surface area contributed by atoms with Crippen molar-refractivity contribution in [2.75, 3.05) is 6.54 Å². The molecule has 5 nitrogen and oxygen atoms in total. The number of para-hydroxylation sites is 1. The lowest BCUT2D eigenvalue weighted by Crippen LogP contribution is -2.45. The largest absolute Gasteiger partial charge is 0.489 e. The number of hydrogen-bond acceptors (Lipinski definition) is 4. The maximum absolute atomic E-state index is 14.5. The van der Waals surface area contributed by atoms with E-state index >= 15 is 0 Å². The highest BCUT2D eigenvalue weighted by Crippen LogP contribution is 2.34. The van der Waals surface area contributed by atoms with Gasteiger partial charge in [-0.15, -0.1) is 11.3 Å². The molecule has 1 atom stereocenters. The SMILES string of the molecule is CCCNC(=O)C(C)NC(=O)c1sc2cccc(F)c2c1COc1ccccc1. The molecule has 0 aliphatic rings. The zero-order valence-electron chi connectivity index (χ0n) is 16.3. The van der Waals surface area contributed by atoms with Crippen LogP contribution in [0.2, 0.25) is 0 Å². The van der Waals surface area contributed by atoms with Crippen molar-refractivity contribution >= 4 is 33.2 Å². The molecule has 3 rings (SSSR count). The van der Waals surface area contributed by atoms with Crippen molar-refractivity contribution in [3.05, 3.63) is 64.8 Å². The Morgan fingerprint density at radius 3 is 2.62 bits per heavy atom. The summed E-state index contributed by atoms with van der Waals surface area (Å²) in [5, 5.41) is 5.83. The second-order valence-corrected chi connectivity index (χ2v) is 7.66.